The molecule has 0 radical (unpaired) electrons. The zero-order valence-electron chi connectivity index (χ0n) is 12.2. The number of rotatable bonds is 4. The highest BCUT2D eigenvalue weighted by molar-refractivity contribution is 5.74. The summed E-state index contributed by atoms with van der Waals surface area (Å²) >= 11 is 0. The molecule has 1 aromatic heterocycles. The van der Waals surface area contributed by atoms with E-state index in [0.717, 1.165) is 31.8 Å². The van der Waals surface area contributed by atoms with Crippen LogP contribution >= 0.6 is 0 Å². The first-order valence-electron chi connectivity index (χ1n) is 7.25. The first-order valence-corrected chi connectivity index (χ1v) is 7.25. The van der Waals surface area contributed by atoms with Crippen molar-refractivity contribution in [1.29, 1.82) is 0 Å². The number of nitrogens with one attached hydrogen (secondary N) is 1. The van der Waals surface area contributed by atoms with Gasteiger partial charge in [0.1, 0.15) is 5.82 Å². The van der Waals surface area contributed by atoms with E-state index < -0.39 is 0 Å². The number of likely N-dealkylation sites (tertiary alicyclic amines) is 1. The minimum absolute atomic E-state index is 0.0713. The number of carbonyl (C=O) groups excluding carboxylic acids is 1. The van der Waals surface area contributed by atoms with Crippen molar-refractivity contribution in [3.05, 3.63) is 18.2 Å². The Morgan fingerprint density at radius 3 is 3.10 bits per heavy atom. The maximum atomic E-state index is 12.0. The monoisotopic (exact) mass is 280 g/mol. The van der Waals surface area contributed by atoms with E-state index in [4.69, 9.17) is 0 Å². The van der Waals surface area contributed by atoms with Crippen molar-refractivity contribution in [2.75, 3.05) is 19.6 Å². The fourth-order valence-corrected chi connectivity index (χ4v) is 2.51. The van der Waals surface area contributed by atoms with Crippen LogP contribution in [0.5, 0.6) is 0 Å². The molecule has 2 rings (SSSR count). The Labute approximate surface area is 119 Å². The largest absolute Gasteiger partial charge is 0.391 e. The smallest absolute Gasteiger partial charge is 0.317 e. The van der Waals surface area contributed by atoms with Gasteiger partial charge in [-0.25, -0.2) is 9.78 Å². The van der Waals surface area contributed by atoms with Crippen LogP contribution in [-0.4, -0.2) is 51.3 Å². The van der Waals surface area contributed by atoms with Gasteiger partial charge < -0.3 is 19.9 Å². The van der Waals surface area contributed by atoms with Crippen LogP contribution < -0.4 is 5.32 Å². The van der Waals surface area contributed by atoms with Crippen molar-refractivity contribution in [2.45, 2.75) is 39.3 Å². The molecule has 112 valence electrons. The Hall–Kier alpha value is -1.56. The Bertz CT molecular complexity index is 446. The van der Waals surface area contributed by atoms with E-state index in [9.17, 15) is 9.90 Å². The van der Waals surface area contributed by atoms with Gasteiger partial charge in [0.15, 0.2) is 0 Å². The molecule has 2 N–H and O–H groups in total. The fourth-order valence-electron chi connectivity index (χ4n) is 2.51. The van der Waals surface area contributed by atoms with Gasteiger partial charge in [-0.3, -0.25) is 0 Å². The number of hydrogen-bond acceptors (Lipinski definition) is 3. The molecule has 6 nitrogen and oxygen atoms in total. The third-order valence-corrected chi connectivity index (χ3v) is 3.72. The zero-order chi connectivity index (χ0) is 14.5. The van der Waals surface area contributed by atoms with Crippen molar-refractivity contribution < 1.29 is 9.90 Å². The molecular weight excluding hydrogens is 256 g/mol. The quantitative estimate of drug-likeness (QED) is 0.864. The lowest BCUT2D eigenvalue weighted by Gasteiger charge is -2.30. The summed E-state index contributed by atoms with van der Waals surface area (Å²) in [4.78, 5) is 17.9. The van der Waals surface area contributed by atoms with E-state index in [2.05, 4.69) is 21.8 Å². The highest BCUT2D eigenvalue weighted by atomic mass is 16.3. The van der Waals surface area contributed by atoms with Gasteiger partial charge in [-0.1, -0.05) is 6.92 Å². The molecule has 1 saturated heterocycles. The van der Waals surface area contributed by atoms with E-state index in [1.165, 1.54) is 0 Å². The van der Waals surface area contributed by atoms with Crippen LogP contribution in [0.4, 0.5) is 4.79 Å². The Morgan fingerprint density at radius 1 is 1.65 bits per heavy atom. The number of imidazole rings is 1. The van der Waals surface area contributed by atoms with E-state index in [1.54, 1.807) is 11.1 Å². The number of aryl methyl sites for hydroxylation is 1. The van der Waals surface area contributed by atoms with Crippen molar-refractivity contribution in [3.8, 4) is 0 Å². The first kappa shape index (κ1) is 14.8. The molecule has 6 heteroatoms. The van der Waals surface area contributed by atoms with Crippen LogP contribution in [0.1, 0.15) is 25.6 Å². The molecule has 20 heavy (non-hydrogen) atoms. The van der Waals surface area contributed by atoms with Crippen LogP contribution in [-0.2, 0) is 6.54 Å². The predicted octanol–water partition coefficient (Wildman–Crippen LogP) is 0.994. The lowest BCUT2D eigenvalue weighted by Crippen LogP contribution is -2.48. The Morgan fingerprint density at radius 2 is 2.45 bits per heavy atom. The lowest BCUT2D eigenvalue weighted by atomic mass is 10.1. The summed E-state index contributed by atoms with van der Waals surface area (Å²) in [6.07, 6.45) is 5.03. The third kappa shape index (κ3) is 3.96. The Balaban J connectivity index is 1.74. The minimum atomic E-state index is -0.375. The zero-order valence-corrected chi connectivity index (χ0v) is 12.2. The predicted molar refractivity (Wildman–Crippen MR) is 76.3 cm³/mol. The molecule has 2 atom stereocenters. The molecule has 2 amide bonds. The highest BCUT2D eigenvalue weighted by Gasteiger charge is 2.22. The average molecular weight is 280 g/mol. The summed E-state index contributed by atoms with van der Waals surface area (Å²) in [6, 6.07) is -0.0713. The van der Waals surface area contributed by atoms with Crippen molar-refractivity contribution in [2.24, 2.45) is 5.92 Å². The number of nitrogens with zero attached hydrogens (tertiary/aromatic N) is 3. The summed E-state index contributed by atoms with van der Waals surface area (Å²) < 4.78 is 2.08. The summed E-state index contributed by atoms with van der Waals surface area (Å²) in [5, 5.41) is 12.5. The molecule has 0 aromatic carbocycles. The van der Waals surface area contributed by atoms with Crippen LogP contribution in [0.3, 0.4) is 0 Å². The molecule has 1 aliphatic heterocycles. The molecule has 0 aliphatic carbocycles. The van der Waals surface area contributed by atoms with Gasteiger partial charge in [0.05, 0.1) is 6.10 Å². The summed E-state index contributed by atoms with van der Waals surface area (Å²) in [7, 11) is 0. The van der Waals surface area contributed by atoms with Crippen molar-refractivity contribution in [3.63, 3.8) is 0 Å². The second kappa shape index (κ2) is 6.74. The van der Waals surface area contributed by atoms with Gasteiger partial charge in [-0.2, -0.15) is 0 Å². The summed E-state index contributed by atoms with van der Waals surface area (Å²) in [6.45, 7) is 6.72. The number of aromatic nitrogens is 2. The lowest BCUT2D eigenvalue weighted by molar-refractivity contribution is 0.0839. The van der Waals surface area contributed by atoms with E-state index in [1.807, 2.05) is 13.1 Å². The third-order valence-electron chi connectivity index (χ3n) is 3.72. The fraction of sp³-hybridized carbons (Fsp3) is 0.714. The summed E-state index contributed by atoms with van der Waals surface area (Å²) in [5.41, 5.74) is 0. The maximum Gasteiger partial charge on any atom is 0.317 e. The molecule has 0 bridgehead atoms. The number of β-amino-alcohol motifs (C(OH)–C–C–N with tert-alkyl or cyclic N) is 1. The molecule has 1 aliphatic rings. The number of aliphatic hydroxyl groups is 1. The Kier molecular flexibility index (Phi) is 5.00. The van der Waals surface area contributed by atoms with Gasteiger partial charge in [0.25, 0.3) is 0 Å². The molecule has 2 heterocycles. The van der Waals surface area contributed by atoms with Gasteiger partial charge in [-0.15, -0.1) is 0 Å². The van der Waals surface area contributed by atoms with Gasteiger partial charge >= 0.3 is 6.03 Å². The topological polar surface area (TPSA) is 70.4 Å². The number of aliphatic hydroxyl groups excluding tert-OH is 1. The highest BCUT2D eigenvalue weighted by Crippen LogP contribution is 2.10. The second-order valence-electron chi connectivity index (χ2n) is 5.66. The van der Waals surface area contributed by atoms with Crippen LogP contribution in [0.2, 0.25) is 0 Å². The summed E-state index contributed by atoms with van der Waals surface area (Å²) in [5.74, 6) is 1.32. The van der Waals surface area contributed by atoms with Gasteiger partial charge in [-0.05, 0) is 25.7 Å². The molecule has 1 fully saturated rings. The average Bonchev–Trinajstić information content (AvgIpc) is 2.81. The minimum Gasteiger partial charge on any atom is -0.391 e. The standard InChI is InChI=1S/C14H24N4O2/c1-11(9-17-7-5-15-12(17)2)8-16-14(20)18-6-3-4-13(19)10-18/h5,7,11,13,19H,3-4,6,8-10H2,1-2H3,(H,16,20). The molecule has 0 saturated carbocycles. The van der Waals surface area contributed by atoms with Gasteiger partial charge in [0, 0.05) is 38.6 Å². The molecule has 1 aromatic rings. The first-order chi connectivity index (χ1) is 9.56. The molecular formula is C14H24N4O2. The van der Waals surface area contributed by atoms with E-state index in [0.29, 0.717) is 19.0 Å². The maximum absolute atomic E-state index is 12.0. The SMILES string of the molecule is Cc1nccn1CC(C)CNC(=O)N1CCCC(O)C1. The number of carbonyl (C=O) groups is 1. The van der Waals surface area contributed by atoms with Crippen molar-refractivity contribution in [1.82, 2.24) is 19.8 Å². The van der Waals surface area contributed by atoms with E-state index in [-0.39, 0.29) is 12.1 Å². The van der Waals surface area contributed by atoms with Crippen LogP contribution in [0.15, 0.2) is 12.4 Å². The molecule has 0 spiro atoms. The van der Waals surface area contributed by atoms with Gasteiger partial charge in [0.2, 0.25) is 0 Å². The number of urea groups is 1. The van der Waals surface area contributed by atoms with Crippen molar-refractivity contribution >= 4 is 6.03 Å². The number of piperidine rings is 1. The number of amides is 2. The second-order valence-corrected chi connectivity index (χ2v) is 5.66. The molecule has 2 unspecified atom stereocenters. The number of hydrogen-bond donors (Lipinski definition) is 2. The normalized spacial score (nSPS) is 20.8. The van der Waals surface area contributed by atoms with Crippen LogP contribution in [0, 0.1) is 12.8 Å². The van der Waals surface area contributed by atoms with E-state index >= 15 is 0 Å². The van der Waals surface area contributed by atoms with Crippen LogP contribution in [0.25, 0.3) is 0 Å².